The van der Waals surface area contributed by atoms with Gasteiger partial charge in [0.15, 0.2) is 7.14 Å². The van der Waals surface area contributed by atoms with Gasteiger partial charge in [-0.3, -0.25) is 0 Å². The molecule has 0 bridgehead atoms. The van der Waals surface area contributed by atoms with Gasteiger partial charge in [-0.05, 0) is 36.4 Å². The summed E-state index contributed by atoms with van der Waals surface area (Å²) in [6.07, 6.45) is 0. The average Bonchev–Trinajstić information content (AvgIpc) is 2.79. The molecule has 0 N–H and O–H groups in total. The van der Waals surface area contributed by atoms with Crippen LogP contribution in [0.15, 0.2) is 125 Å². The third kappa shape index (κ3) is 3.71. The van der Waals surface area contributed by atoms with Crippen LogP contribution in [-0.4, -0.2) is 0 Å². The Bertz CT molecular complexity index is 1070. The van der Waals surface area contributed by atoms with Crippen molar-refractivity contribution >= 4 is 34.4 Å². The van der Waals surface area contributed by atoms with Crippen molar-refractivity contribution < 1.29 is 4.57 Å². The van der Waals surface area contributed by atoms with Crippen molar-refractivity contribution in [3.05, 3.63) is 115 Å². The van der Waals surface area contributed by atoms with E-state index in [-0.39, 0.29) is 0 Å². The van der Waals surface area contributed by atoms with Crippen LogP contribution in [0.2, 0.25) is 0 Å². The van der Waals surface area contributed by atoms with Gasteiger partial charge in [0.25, 0.3) is 0 Å². The second-order valence-electron chi connectivity index (χ2n) is 6.33. The summed E-state index contributed by atoms with van der Waals surface area (Å²) in [5.74, 6) is 0. The molecule has 0 aliphatic heterocycles. The highest BCUT2D eigenvalue weighted by molar-refractivity contribution is 7.85. The Morgan fingerprint density at radius 1 is 0.429 bits per heavy atom. The first-order chi connectivity index (χ1) is 13.8. The summed E-state index contributed by atoms with van der Waals surface area (Å²) in [7, 11) is -2.95. The van der Waals surface area contributed by atoms with Crippen LogP contribution in [0.4, 0.5) is 11.4 Å². The molecule has 0 fully saturated rings. The lowest BCUT2D eigenvalue weighted by atomic mass is 10.3. The Morgan fingerprint density at radius 3 is 1.25 bits per heavy atom. The number of nitrogens with zero attached hydrogens (tertiary/aromatic N) is 2. The molecule has 0 atom stereocenters. The standard InChI is InChI=1S/C24H19N2OP/c27-28(22-12-6-2-7-13-22,23-14-8-3-9-15-23)24-18-16-21(17-19-24)26-25-20-10-4-1-5-11-20/h1-19H. The molecule has 0 aromatic heterocycles. The third-order valence-corrected chi connectivity index (χ3v) is 7.57. The molecular formula is C24H19N2OP. The zero-order valence-electron chi connectivity index (χ0n) is 15.2. The van der Waals surface area contributed by atoms with Crippen LogP contribution in [0.25, 0.3) is 0 Å². The first kappa shape index (κ1) is 18.1. The Kier molecular flexibility index (Phi) is 5.27. The van der Waals surface area contributed by atoms with Crippen molar-refractivity contribution in [3.8, 4) is 0 Å². The lowest BCUT2D eigenvalue weighted by Gasteiger charge is -2.19. The van der Waals surface area contributed by atoms with E-state index in [2.05, 4.69) is 10.2 Å². The molecule has 0 radical (unpaired) electrons. The zero-order valence-corrected chi connectivity index (χ0v) is 16.1. The van der Waals surface area contributed by atoms with Crippen LogP contribution in [0.1, 0.15) is 0 Å². The van der Waals surface area contributed by atoms with E-state index in [4.69, 9.17) is 0 Å². The molecular weight excluding hydrogens is 363 g/mol. The molecule has 0 saturated heterocycles. The molecule has 4 rings (SSSR count). The van der Waals surface area contributed by atoms with E-state index < -0.39 is 7.14 Å². The van der Waals surface area contributed by atoms with Crippen molar-refractivity contribution in [2.24, 2.45) is 10.2 Å². The van der Waals surface area contributed by atoms with Crippen molar-refractivity contribution in [2.75, 3.05) is 0 Å². The van der Waals surface area contributed by atoms with Gasteiger partial charge >= 0.3 is 0 Å². The molecule has 4 aromatic rings. The molecule has 0 amide bonds. The Morgan fingerprint density at radius 2 is 0.786 bits per heavy atom. The number of rotatable bonds is 5. The molecule has 136 valence electrons. The zero-order chi connectivity index (χ0) is 19.2. The molecule has 4 heteroatoms. The van der Waals surface area contributed by atoms with Crippen LogP contribution in [0.5, 0.6) is 0 Å². The number of azo groups is 1. The van der Waals surface area contributed by atoms with E-state index in [1.807, 2.05) is 115 Å². The fraction of sp³-hybridized carbons (Fsp3) is 0. The van der Waals surface area contributed by atoms with Gasteiger partial charge in [0, 0.05) is 15.9 Å². The molecule has 0 saturated carbocycles. The Balaban J connectivity index is 1.72. The molecule has 4 aromatic carbocycles. The van der Waals surface area contributed by atoms with E-state index in [9.17, 15) is 4.57 Å². The number of benzene rings is 4. The summed E-state index contributed by atoms with van der Waals surface area (Å²) in [4.78, 5) is 0. The lowest BCUT2D eigenvalue weighted by Crippen LogP contribution is -2.24. The topological polar surface area (TPSA) is 41.8 Å². The summed E-state index contributed by atoms with van der Waals surface area (Å²) in [5.41, 5.74) is 1.52. The normalized spacial score (nSPS) is 11.6. The predicted octanol–water partition coefficient (Wildman–Crippen LogP) is 5.74. The van der Waals surface area contributed by atoms with E-state index in [0.29, 0.717) is 0 Å². The highest BCUT2D eigenvalue weighted by Gasteiger charge is 2.29. The summed E-state index contributed by atoms with van der Waals surface area (Å²) >= 11 is 0. The summed E-state index contributed by atoms with van der Waals surface area (Å²) < 4.78 is 14.3. The van der Waals surface area contributed by atoms with Gasteiger partial charge in [-0.15, -0.1) is 0 Å². The second kappa shape index (κ2) is 8.16. The highest BCUT2D eigenvalue weighted by atomic mass is 31.2. The van der Waals surface area contributed by atoms with Gasteiger partial charge < -0.3 is 4.57 Å². The molecule has 0 unspecified atom stereocenters. The minimum Gasteiger partial charge on any atom is -0.309 e. The van der Waals surface area contributed by atoms with Crippen LogP contribution in [-0.2, 0) is 4.57 Å². The second-order valence-corrected chi connectivity index (χ2v) is 9.10. The van der Waals surface area contributed by atoms with Crippen molar-refractivity contribution in [3.63, 3.8) is 0 Å². The molecule has 28 heavy (non-hydrogen) atoms. The largest absolute Gasteiger partial charge is 0.309 e. The maximum atomic E-state index is 14.3. The predicted molar refractivity (Wildman–Crippen MR) is 116 cm³/mol. The van der Waals surface area contributed by atoms with E-state index >= 15 is 0 Å². The Labute approximate surface area is 164 Å². The SMILES string of the molecule is O=P(c1ccccc1)(c1ccccc1)c1ccc(N=Nc2ccccc2)cc1. The van der Waals surface area contributed by atoms with Crippen molar-refractivity contribution in [1.82, 2.24) is 0 Å². The third-order valence-electron chi connectivity index (χ3n) is 4.49. The average molecular weight is 382 g/mol. The van der Waals surface area contributed by atoms with Gasteiger partial charge in [-0.1, -0.05) is 78.9 Å². The van der Waals surface area contributed by atoms with Crippen LogP contribution >= 0.6 is 7.14 Å². The lowest BCUT2D eigenvalue weighted by molar-refractivity contribution is 0.592. The van der Waals surface area contributed by atoms with E-state index in [1.54, 1.807) is 0 Å². The minimum atomic E-state index is -2.95. The van der Waals surface area contributed by atoms with Crippen LogP contribution < -0.4 is 15.9 Å². The van der Waals surface area contributed by atoms with Gasteiger partial charge in [0.1, 0.15) is 0 Å². The smallest absolute Gasteiger partial charge is 0.171 e. The maximum Gasteiger partial charge on any atom is 0.171 e. The summed E-state index contributed by atoms with van der Waals surface area (Å²) in [5, 5.41) is 10.9. The van der Waals surface area contributed by atoms with E-state index in [0.717, 1.165) is 27.3 Å². The first-order valence-electron chi connectivity index (χ1n) is 9.05. The van der Waals surface area contributed by atoms with Crippen LogP contribution in [0.3, 0.4) is 0 Å². The van der Waals surface area contributed by atoms with Gasteiger partial charge in [-0.2, -0.15) is 10.2 Å². The first-order valence-corrected chi connectivity index (χ1v) is 10.8. The monoisotopic (exact) mass is 382 g/mol. The highest BCUT2D eigenvalue weighted by Crippen LogP contribution is 2.42. The van der Waals surface area contributed by atoms with Crippen molar-refractivity contribution in [2.45, 2.75) is 0 Å². The fourth-order valence-electron chi connectivity index (χ4n) is 3.06. The molecule has 0 heterocycles. The van der Waals surface area contributed by atoms with Gasteiger partial charge in [0.05, 0.1) is 11.4 Å². The molecule has 3 nitrogen and oxygen atoms in total. The van der Waals surface area contributed by atoms with Crippen molar-refractivity contribution in [1.29, 1.82) is 0 Å². The minimum absolute atomic E-state index is 0.722. The molecule has 0 aliphatic carbocycles. The molecule has 0 spiro atoms. The summed E-state index contributed by atoms with van der Waals surface area (Å²) in [6, 6.07) is 36.4. The number of hydrogen-bond acceptors (Lipinski definition) is 3. The number of hydrogen-bond donors (Lipinski definition) is 0. The fourth-order valence-corrected chi connectivity index (χ4v) is 5.71. The molecule has 0 aliphatic rings. The van der Waals surface area contributed by atoms with E-state index in [1.165, 1.54) is 0 Å². The van der Waals surface area contributed by atoms with Gasteiger partial charge in [0.2, 0.25) is 0 Å². The summed E-state index contributed by atoms with van der Waals surface area (Å²) in [6.45, 7) is 0. The van der Waals surface area contributed by atoms with Gasteiger partial charge in [-0.25, -0.2) is 0 Å². The maximum absolute atomic E-state index is 14.3. The Hall–Kier alpha value is -3.29. The quantitative estimate of drug-likeness (QED) is 0.320. The van der Waals surface area contributed by atoms with Crippen LogP contribution in [0, 0.1) is 0 Å².